The molecule has 1 amide bonds. The van der Waals surface area contributed by atoms with E-state index in [-0.39, 0.29) is 11.9 Å². The molecule has 1 aliphatic rings. The van der Waals surface area contributed by atoms with Crippen LogP contribution < -0.4 is 11.1 Å². The minimum atomic E-state index is -0.207. The molecule has 3 aromatic rings. The lowest BCUT2D eigenvalue weighted by Crippen LogP contribution is -2.12. The van der Waals surface area contributed by atoms with Crippen molar-refractivity contribution in [2.24, 2.45) is 5.73 Å². The van der Waals surface area contributed by atoms with Crippen molar-refractivity contribution in [1.82, 2.24) is 10.2 Å². The number of carbonyl (C=O) groups excluding carboxylic acids is 1. The first kappa shape index (κ1) is 14.2. The molecule has 1 aromatic heterocycles. The number of rotatable bonds is 2. The van der Waals surface area contributed by atoms with Gasteiger partial charge in [-0.15, -0.1) is 0 Å². The van der Waals surface area contributed by atoms with Gasteiger partial charge < -0.3 is 11.1 Å². The first-order chi connectivity index (χ1) is 11.1. The third kappa shape index (κ3) is 2.48. The predicted octanol–water partition coefficient (Wildman–Crippen LogP) is 3.41. The summed E-state index contributed by atoms with van der Waals surface area (Å²) in [4.78, 5) is 12.6. The van der Waals surface area contributed by atoms with Crippen LogP contribution in [0.2, 0.25) is 5.02 Å². The van der Waals surface area contributed by atoms with Crippen molar-refractivity contribution in [3.8, 4) is 0 Å². The molecule has 0 spiro atoms. The lowest BCUT2D eigenvalue weighted by Gasteiger charge is -2.10. The van der Waals surface area contributed by atoms with Crippen molar-refractivity contribution in [3.05, 3.63) is 58.2 Å². The normalized spacial score (nSPS) is 16.5. The second kappa shape index (κ2) is 5.37. The number of hydrogen-bond acceptors (Lipinski definition) is 3. The fraction of sp³-hybridized carbons (Fsp3) is 0.176. The van der Waals surface area contributed by atoms with Crippen molar-refractivity contribution >= 4 is 34.1 Å². The number of amides is 1. The molecule has 2 aromatic carbocycles. The molecule has 23 heavy (non-hydrogen) atoms. The van der Waals surface area contributed by atoms with Crippen LogP contribution in [0.15, 0.2) is 36.5 Å². The van der Waals surface area contributed by atoms with Gasteiger partial charge in [0.15, 0.2) is 0 Å². The zero-order valence-corrected chi connectivity index (χ0v) is 13.0. The zero-order valence-electron chi connectivity index (χ0n) is 12.3. The molecule has 5 nitrogen and oxygen atoms in total. The van der Waals surface area contributed by atoms with E-state index in [2.05, 4.69) is 15.5 Å². The Morgan fingerprint density at radius 1 is 1.35 bits per heavy atom. The fourth-order valence-corrected chi connectivity index (χ4v) is 3.35. The number of nitrogens with one attached hydrogen (secondary N) is 2. The number of fused-ring (bicyclic) bond motifs is 2. The van der Waals surface area contributed by atoms with Crippen LogP contribution in [-0.2, 0) is 6.42 Å². The molecule has 0 unspecified atom stereocenters. The van der Waals surface area contributed by atoms with Crippen LogP contribution in [0.5, 0.6) is 0 Å². The summed E-state index contributed by atoms with van der Waals surface area (Å²) in [6.07, 6.45) is 3.53. The molecular formula is C17H15ClN4O. The van der Waals surface area contributed by atoms with Crippen LogP contribution in [-0.4, -0.2) is 16.1 Å². The number of halogens is 1. The molecule has 0 saturated carbocycles. The van der Waals surface area contributed by atoms with Crippen LogP contribution in [0.4, 0.5) is 5.69 Å². The van der Waals surface area contributed by atoms with Gasteiger partial charge in [0.25, 0.3) is 5.91 Å². The van der Waals surface area contributed by atoms with Gasteiger partial charge in [-0.05, 0) is 48.2 Å². The first-order valence-electron chi connectivity index (χ1n) is 7.44. The predicted molar refractivity (Wildman–Crippen MR) is 90.7 cm³/mol. The van der Waals surface area contributed by atoms with Gasteiger partial charge in [0, 0.05) is 22.1 Å². The van der Waals surface area contributed by atoms with Crippen LogP contribution in [0.25, 0.3) is 10.9 Å². The number of aromatic nitrogens is 2. The summed E-state index contributed by atoms with van der Waals surface area (Å²) in [6.45, 7) is 0. The average Bonchev–Trinajstić information content (AvgIpc) is 3.13. The van der Waals surface area contributed by atoms with E-state index in [9.17, 15) is 4.79 Å². The summed E-state index contributed by atoms with van der Waals surface area (Å²) in [6, 6.07) is 9.38. The highest BCUT2D eigenvalue weighted by Gasteiger charge is 2.20. The zero-order chi connectivity index (χ0) is 16.0. The van der Waals surface area contributed by atoms with E-state index in [4.69, 9.17) is 17.3 Å². The minimum absolute atomic E-state index is 0.105. The van der Waals surface area contributed by atoms with Gasteiger partial charge in [0.2, 0.25) is 0 Å². The average molecular weight is 327 g/mol. The summed E-state index contributed by atoms with van der Waals surface area (Å²) in [5.41, 5.74) is 10.4. The highest BCUT2D eigenvalue weighted by molar-refractivity contribution is 6.32. The Morgan fingerprint density at radius 3 is 3.09 bits per heavy atom. The van der Waals surface area contributed by atoms with Gasteiger partial charge in [-0.25, -0.2) is 0 Å². The van der Waals surface area contributed by atoms with Gasteiger partial charge in [0.1, 0.15) is 0 Å². The third-order valence-electron chi connectivity index (χ3n) is 4.29. The van der Waals surface area contributed by atoms with Gasteiger partial charge >= 0.3 is 0 Å². The number of carbonyl (C=O) groups is 1. The number of benzene rings is 2. The Morgan fingerprint density at radius 2 is 2.22 bits per heavy atom. The Balaban J connectivity index is 1.66. The molecule has 0 aliphatic heterocycles. The molecule has 0 saturated heterocycles. The van der Waals surface area contributed by atoms with Crippen molar-refractivity contribution in [1.29, 1.82) is 0 Å². The van der Waals surface area contributed by atoms with Crippen molar-refractivity contribution in [2.45, 2.75) is 18.9 Å². The minimum Gasteiger partial charge on any atom is -0.324 e. The molecule has 6 heteroatoms. The summed E-state index contributed by atoms with van der Waals surface area (Å²) in [7, 11) is 0. The first-order valence-corrected chi connectivity index (χ1v) is 7.82. The molecule has 0 fully saturated rings. The quantitative estimate of drug-likeness (QED) is 0.674. The molecular weight excluding hydrogens is 312 g/mol. The standard InChI is InChI=1S/C17H15ClN4O/c18-10-6-13(14-8-20-22-16(14)7-10)17(23)21-11-2-3-12-9(5-11)1-4-15(12)19/h2-3,5-8,15H,1,4,19H2,(H,20,22)(H,21,23)/t15-/m0/s1. The maximum atomic E-state index is 12.6. The van der Waals surface area contributed by atoms with Gasteiger partial charge in [-0.3, -0.25) is 9.89 Å². The number of H-pyrrole nitrogens is 1. The smallest absolute Gasteiger partial charge is 0.256 e. The van der Waals surface area contributed by atoms with Crippen molar-refractivity contribution in [3.63, 3.8) is 0 Å². The van der Waals surface area contributed by atoms with Gasteiger partial charge in [0.05, 0.1) is 17.3 Å². The molecule has 0 bridgehead atoms. The molecule has 1 atom stereocenters. The number of aryl methyl sites for hydroxylation is 1. The monoisotopic (exact) mass is 326 g/mol. The highest BCUT2D eigenvalue weighted by atomic mass is 35.5. The Labute approximate surface area is 137 Å². The Kier molecular flexibility index (Phi) is 3.32. The van der Waals surface area contributed by atoms with E-state index >= 15 is 0 Å². The molecule has 1 aliphatic carbocycles. The molecule has 1 heterocycles. The van der Waals surface area contributed by atoms with E-state index in [1.165, 1.54) is 11.1 Å². The number of anilines is 1. The lowest BCUT2D eigenvalue weighted by atomic mass is 10.1. The summed E-state index contributed by atoms with van der Waals surface area (Å²) in [5, 5.41) is 11.0. The SMILES string of the molecule is N[C@H]1CCc2cc(NC(=O)c3cc(Cl)cc4[nH]ncc34)ccc21. The lowest BCUT2D eigenvalue weighted by molar-refractivity contribution is 0.102. The van der Waals surface area contributed by atoms with Crippen LogP contribution >= 0.6 is 11.6 Å². The molecule has 0 radical (unpaired) electrons. The van der Waals surface area contributed by atoms with Crippen LogP contribution in [0.1, 0.15) is 33.9 Å². The number of aromatic amines is 1. The van der Waals surface area contributed by atoms with E-state index in [1.807, 2.05) is 18.2 Å². The summed E-state index contributed by atoms with van der Waals surface area (Å²) < 4.78 is 0. The number of nitrogens with zero attached hydrogens (tertiary/aromatic N) is 1. The van der Waals surface area contributed by atoms with E-state index in [0.717, 1.165) is 29.4 Å². The maximum absolute atomic E-state index is 12.6. The Bertz CT molecular complexity index is 918. The van der Waals surface area contributed by atoms with Gasteiger partial charge in [-0.2, -0.15) is 5.10 Å². The molecule has 4 N–H and O–H groups in total. The Hall–Kier alpha value is -2.37. The second-order valence-corrected chi connectivity index (χ2v) is 6.23. The fourth-order valence-electron chi connectivity index (χ4n) is 3.13. The molecule has 116 valence electrons. The summed E-state index contributed by atoms with van der Waals surface area (Å²) in [5.74, 6) is -0.207. The molecule has 4 rings (SSSR count). The van der Waals surface area contributed by atoms with Crippen molar-refractivity contribution in [2.75, 3.05) is 5.32 Å². The summed E-state index contributed by atoms with van der Waals surface area (Å²) >= 11 is 6.08. The second-order valence-electron chi connectivity index (χ2n) is 5.80. The number of hydrogen-bond donors (Lipinski definition) is 3. The third-order valence-corrected chi connectivity index (χ3v) is 4.51. The van der Waals surface area contributed by atoms with Crippen molar-refractivity contribution < 1.29 is 4.79 Å². The van der Waals surface area contributed by atoms with E-state index in [1.54, 1.807) is 18.3 Å². The topological polar surface area (TPSA) is 83.8 Å². The highest BCUT2D eigenvalue weighted by Crippen LogP contribution is 2.31. The van der Waals surface area contributed by atoms with Gasteiger partial charge in [-0.1, -0.05) is 17.7 Å². The van der Waals surface area contributed by atoms with E-state index < -0.39 is 0 Å². The van der Waals surface area contributed by atoms with Crippen LogP contribution in [0.3, 0.4) is 0 Å². The van der Waals surface area contributed by atoms with Crippen LogP contribution in [0, 0.1) is 0 Å². The van der Waals surface area contributed by atoms with E-state index in [0.29, 0.717) is 10.6 Å². The maximum Gasteiger partial charge on any atom is 0.256 e. The largest absolute Gasteiger partial charge is 0.324 e. The number of nitrogens with two attached hydrogens (primary N) is 1.